The second-order valence-corrected chi connectivity index (χ2v) is 6.20. The molecule has 1 rings (SSSR count). The van der Waals surface area contributed by atoms with E-state index in [9.17, 15) is 0 Å². The summed E-state index contributed by atoms with van der Waals surface area (Å²) in [5, 5.41) is 5.66. The topological polar surface area (TPSA) is 12.0 Å². The number of rotatable bonds is 5. The predicted octanol–water partition coefficient (Wildman–Crippen LogP) is 3.35. The summed E-state index contributed by atoms with van der Waals surface area (Å²) in [7, 11) is 0. The zero-order valence-corrected chi connectivity index (χ0v) is 11.1. The van der Waals surface area contributed by atoms with Crippen LogP contribution in [0.15, 0.2) is 15.2 Å². The van der Waals surface area contributed by atoms with Crippen LogP contribution in [0.25, 0.3) is 0 Å². The number of halogens is 1. The van der Waals surface area contributed by atoms with E-state index in [-0.39, 0.29) is 0 Å². The quantitative estimate of drug-likeness (QED) is 0.887. The molecule has 1 nitrogen and oxygen atoms in total. The average molecular weight is 280 g/mol. The van der Waals surface area contributed by atoms with Gasteiger partial charge >= 0.3 is 0 Å². The first kappa shape index (κ1) is 11.6. The third kappa shape index (κ3) is 4.49. The Hall–Kier alpha value is 0.490. The zero-order valence-electron chi connectivity index (χ0n) is 7.84. The zero-order chi connectivity index (χ0) is 9.68. The van der Waals surface area contributed by atoms with E-state index in [1.165, 1.54) is 15.1 Å². The molecule has 0 aromatic carbocycles. The molecule has 4 heteroatoms. The van der Waals surface area contributed by atoms with E-state index in [0.717, 1.165) is 6.54 Å². The largest absolute Gasteiger partial charge is 0.309 e. The maximum absolute atomic E-state index is 3.48. The highest BCUT2D eigenvalue weighted by Gasteiger charge is 2.01. The molecular formula is C9H14BrNS2. The fraction of sp³-hybridized carbons (Fsp3) is 0.556. The van der Waals surface area contributed by atoms with Crippen molar-refractivity contribution in [2.75, 3.05) is 12.0 Å². The van der Waals surface area contributed by atoms with Gasteiger partial charge in [0.2, 0.25) is 0 Å². The molecule has 0 aliphatic rings. The minimum absolute atomic E-state index is 0.591. The van der Waals surface area contributed by atoms with Crippen LogP contribution in [0.4, 0.5) is 0 Å². The molecule has 1 aromatic heterocycles. The smallest absolute Gasteiger partial charge is 0.0701 e. The van der Waals surface area contributed by atoms with Gasteiger partial charge < -0.3 is 5.32 Å². The SMILES string of the molecule is CSCC(C)NCc1csc(Br)c1. The summed E-state index contributed by atoms with van der Waals surface area (Å²) in [6.45, 7) is 3.20. The Labute approximate surface area is 96.4 Å². The third-order valence-corrected chi connectivity index (χ3v) is 4.08. The predicted molar refractivity (Wildman–Crippen MR) is 66.7 cm³/mol. The average Bonchev–Trinajstić information content (AvgIpc) is 2.49. The molecule has 74 valence electrons. The van der Waals surface area contributed by atoms with Crippen LogP contribution >= 0.6 is 39.0 Å². The molecule has 0 spiro atoms. The van der Waals surface area contributed by atoms with Crippen LogP contribution in [0, 0.1) is 0 Å². The van der Waals surface area contributed by atoms with E-state index in [4.69, 9.17) is 0 Å². The Morgan fingerprint density at radius 1 is 1.69 bits per heavy atom. The van der Waals surface area contributed by atoms with Gasteiger partial charge in [-0.25, -0.2) is 0 Å². The van der Waals surface area contributed by atoms with Gasteiger partial charge in [0.25, 0.3) is 0 Å². The molecular weight excluding hydrogens is 266 g/mol. The van der Waals surface area contributed by atoms with Crippen LogP contribution in [0.3, 0.4) is 0 Å². The highest BCUT2D eigenvalue weighted by atomic mass is 79.9. The Kier molecular flexibility index (Phi) is 5.39. The Balaban J connectivity index is 2.26. The summed E-state index contributed by atoms with van der Waals surface area (Å²) < 4.78 is 1.21. The molecule has 1 unspecified atom stereocenters. The van der Waals surface area contributed by atoms with E-state index in [0.29, 0.717) is 6.04 Å². The van der Waals surface area contributed by atoms with Gasteiger partial charge in [0, 0.05) is 18.3 Å². The van der Waals surface area contributed by atoms with Crippen molar-refractivity contribution in [1.82, 2.24) is 5.32 Å². The summed E-state index contributed by atoms with van der Waals surface area (Å²) in [6.07, 6.45) is 2.14. The first-order valence-corrected chi connectivity index (χ1v) is 7.24. The first-order valence-electron chi connectivity index (χ1n) is 4.17. The van der Waals surface area contributed by atoms with Crippen molar-refractivity contribution in [1.29, 1.82) is 0 Å². The van der Waals surface area contributed by atoms with Gasteiger partial charge in [-0.1, -0.05) is 0 Å². The molecule has 0 bridgehead atoms. The molecule has 1 atom stereocenters. The van der Waals surface area contributed by atoms with Gasteiger partial charge in [-0.3, -0.25) is 0 Å². The molecule has 1 heterocycles. The molecule has 0 aliphatic carbocycles. The van der Waals surface area contributed by atoms with Crippen molar-refractivity contribution in [3.8, 4) is 0 Å². The van der Waals surface area contributed by atoms with Crippen LogP contribution in [0.5, 0.6) is 0 Å². The Morgan fingerprint density at radius 3 is 3.00 bits per heavy atom. The number of hydrogen-bond acceptors (Lipinski definition) is 3. The van der Waals surface area contributed by atoms with Crippen molar-refractivity contribution in [2.45, 2.75) is 19.5 Å². The van der Waals surface area contributed by atoms with Crippen molar-refractivity contribution in [2.24, 2.45) is 0 Å². The molecule has 0 fully saturated rings. The van der Waals surface area contributed by atoms with Crippen molar-refractivity contribution in [3.63, 3.8) is 0 Å². The van der Waals surface area contributed by atoms with Gasteiger partial charge in [-0.05, 0) is 46.1 Å². The van der Waals surface area contributed by atoms with Gasteiger partial charge in [0.15, 0.2) is 0 Å². The van der Waals surface area contributed by atoms with Crippen LogP contribution in [0.1, 0.15) is 12.5 Å². The van der Waals surface area contributed by atoms with E-state index in [2.05, 4.69) is 45.9 Å². The van der Waals surface area contributed by atoms with E-state index < -0.39 is 0 Å². The number of nitrogens with one attached hydrogen (secondary N) is 1. The third-order valence-electron chi connectivity index (χ3n) is 1.69. The fourth-order valence-electron chi connectivity index (χ4n) is 1.04. The Morgan fingerprint density at radius 2 is 2.46 bits per heavy atom. The lowest BCUT2D eigenvalue weighted by atomic mass is 10.3. The molecule has 0 radical (unpaired) electrons. The number of hydrogen-bond donors (Lipinski definition) is 1. The van der Waals surface area contributed by atoms with Crippen molar-refractivity contribution < 1.29 is 0 Å². The lowest BCUT2D eigenvalue weighted by Gasteiger charge is -2.10. The van der Waals surface area contributed by atoms with Crippen molar-refractivity contribution >= 4 is 39.0 Å². The second-order valence-electron chi connectivity index (χ2n) is 3.00. The van der Waals surface area contributed by atoms with Gasteiger partial charge in [-0.2, -0.15) is 11.8 Å². The van der Waals surface area contributed by atoms with E-state index in [1.807, 2.05) is 11.8 Å². The monoisotopic (exact) mass is 279 g/mol. The highest BCUT2D eigenvalue weighted by molar-refractivity contribution is 9.11. The summed E-state index contributed by atoms with van der Waals surface area (Å²) in [5.74, 6) is 1.17. The molecule has 0 aliphatic heterocycles. The number of thiophene rings is 1. The fourth-order valence-corrected chi connectivity index (χ4v) is 2.87. The minimum atomic E-state index is 0.591. The number of thioether (sulfide) groups is 1. The molecule has 13 heavy (non-hydrogen) atoms. The lowest BCUT2D eigenvalue weighted by Crippen LogP contribution is -2.27. The first-order chi connectivity index (χ1) is 6.22. The molecule has 0 saturated heterocycles. The molecule has 0 amide bonds. The highest BCUT2D eigenvalue weighted by Crippen LogP contribution is 2.20. The normalized spacial score (nSPS) is 13.2. The molecule has 0 saturated carbocycles. The van der Waals surface area contributed by atoms with Crippen LogP contribution < -0.4 is 5.32 Å². The minimum Gasteiger partial charge on any atom is -0.309 e. The second kappa shape index (κ2) is 6.06. The summed E-state index contributed by atoms with van der Waals surface area (Å²) in [6, 6.07) is 2.76. The summed E-state index contributed by atoms with van der Waals surface area (Å²) >= 11 is 7.08. The van der Waals surface area contributed by atoms with Gasteiger partial charge in [-0.15, -0.1) is 11.3 Å². The van der Waals surface area contributed by atoms with E-state index in [1.54, 1.807) is 11.3 Å². The standard InChI is InChI=1S/C9H14BrNS2/c1-7(5-12-2)11-4-8-3-9(10)13-6-8/h3,6-7,11H,4-5H2,1-2H3. The van der Waals surface area contributed by atoms with Crippen molar-refractivity contribution in [3.05, 3.63) is 20.8 Å². The van der Waals surface area contributed by atoms with E-state index >= 15 is 0 Å². The Bertz CT molecular complexity index is 250. The molecule has 1 aromatic rings. The maximum atomic E-state index is 3.48. The van der Waals surface area contributed by atoms with Gasteiger partial charge in [0.05, 0.1) is 3.79 Å². The summed E-state index contributed by atoms with van der Waals surface area (Å²) in [5.41, 5.74) is 1.37. The lowest BCUT2D eigenvalue weighted by molar-refractivity contribution is 0.597. The maximum Gasteiger partial charge on any atom is 0.0701 e. The van der Waals surface area contributed by atoms with Crippen LogP contribution in [0.2, 0.25) is 0 Å². The molecule has 1 N–H and O–H groups in total. The summed E-state index contributed by atoms with van der Waals surface area (Å²) in [4.78, 5) is 0. The van der Waals surface area contributed by atoms with Crippen LogP contribution in [-0.2, 0) is 6.54 Å². The van der Waals surface area contributed by atoms with Gasteiger partial charge in [0.1, 0.15) is 0 Å². The van der Waals surface area contributed by atoms with Crippen LogP contribution in [-0.4, -0.2) is 18.1 Å².